The van der Waals surface area contributed by atoms with E-state index in [1.165, 1.54) is 18.3 Å². The zero-order chi connectivity index (χ0) is 12.8. The normalized spacial score (nSPS) is 10.4. The molecule has 18 heavy (non-hydrogen) atoms. The lowest BCUT2D eigenvalue weighted by Crippen LogP contribution is -1.98. The summed E-state index contributed by atoms with van der Waals surface area (Å²) in [5.74, 6) is 0.120. The minimum Gasteiger partial charge on any atom is -0.258 e. The number of hydrazone groups is 1. The smallest absolute Gasteiger partial charge is 0.258 e. The van der Waals surface area contributed by atoms with E-state index < -0.39 is 4.92 Å². The zero-order valence-electron chi connectivity index (χ0n) is 9.35. The maximum absolute atomic E-state index is 10.7. The molecular formula is C12H10N4O2. The highest BCUT2D eigenvalue weighted by atomic mass is 16.6. The van der Waals surface area contributed by atoms with Crippen molar-refractivity contribution in [2.24, 2.45) is 5.10 Å². The summed E-state index contributed by atoms with van der Waals surface area (Å²) in [6.45, 7) is 0. The van der Waals surface area contributed by atoms with Gasteiger partial charge in [-0.1, -0.05) is 30.3 Å². The van der Waals surface area contributed by atoms with Crippen LogP contribution >= 0.6 is 0 Å². The molecule has 1 N–H and O–H groups in total. The molecule has 1 aromatic heterocycles. The summed E-state index contributed by atoms with van der Waals surface area (Å²) in [6.07, 6.45) is 3.03. The molecule has 0 spiro atoms. The van der Waals surface area contributed by atoms with Crippen molar-refractivity contribution >= 4 is 17.7 Å². The van der Waals surface area contributed by atoms with Gasteiger partial charge < -0.3 is 0 Å². The highest BCUT2D eigenvalue weighted by Gasteiger charge is 2.12. The molecule has 0 unspecified atom stereocenters. The Morgan fingerprint density at radius 2 is 2.00 bits per heavy atom. The van der Waals surface area contributed by atoms with Gasteiger partial charge >= 0.3 is 5.69 Å². The summed E-state index contributed by atoms with van der Waals surface area (Å²) >= 11 is 0. The summed E-state index contributed by atoms with van der Waals surface area (Å²) in [6, 6.07) is 12.3. The first-order valence-corrected chi connectivity index (χ1v) is 5.21. The van der Waals surface area contributed by atoms with Crippen molar-refractivity contribution in [2.45, 2.75) is 0 Å². The lowest BCUT2D eigenvalue weighted by molar-refractivity contribution is -0.384. The monoisotopic (exact) mass is 242 g/mol. The van der Waals surface area contributed by atoms with E-state index in [1.807, 2.05) is 30.3 Å². The number of benzene rings is 1. The van der Waals surface area contributed by atoms with Gasteiger partial charge in [-0.2, -0.15) is 5.10 Å². The Morgan fingerprint density at radius 1 is 1.22 bits per heavy atom. The Balaban J connectivity index is 2.11. The fraction of sp³-hybridized carbons (Fsp3) is 0. The number of hydrogen-bond donors (Lipinski definition) is 1. The Kier molecular flexibility index (Phi) is 3.60. The predicted octanol–water partition coefficient (Wildman–Crippen LogP) is 2.44. The average molecular weight is 242 g/mol. The molecule has 0 radical (unpaired) electrons. The van der Waals surface area contributed by atoms with Crippen LogP contribution in [0.2, 0.25) is 0 Å². The van der Waals surface area contributed by atoms with Crippen LogP contribution in [0.1, 0.15) is 5.56 Å². The molecule has 0 fully saturated rings. The molecule has 2 rings (SSSR count). The maximum Gasteiger partial charge on any atom is 0.313 e. The van der Waals surface area contributed by atoms with Crippen molar-refractivity contribution in [1.29, 1.82) is 0 Å². The molecule has 2 aromatic rings. The predicted molar refractivity (Wildman–Crippen MR) is 68.6 cm³/mol. The van der Waals surface area contributed by atoms with Gasteiger partial charge in [-0.3, -0.25) is 15.5 Å². The van der Waals surface area contributed by atoms with Gasteiger partial charge in [0.1, 0.15) is 0 Å². The molecule has 0 aliphatic carbocycles. The topological polar surface area (TPSA) is 80.4 Å². The molecule has 0 aliphatic rings. The quantitative estimate of drug-likeness (QED) is 0.507. The standard InChI is InChI=1S/C12H10N4O2/c17-16(18)11-7-4-8-13-12(11)15-14-9-10-5-2-1-3-6-10/h1-9H,(H,13,15). The Labute approximate surface area is 103 Å². The van der Waals surface area contributed by atoms with Crippen molar-refractivity contribution in [3.63, 3.8) is 0 Å². The number of pyridine rings is 1. The fourth-order valence-corrected chi connectivity index (χ4v) is 1.34. The van der Waals surface area contributed by atoms with Crippen LogP contribution in [0.15, 0.2) is 53.8 Å². The van der Waals surface area contributed by atoms with E-state index in [-0.39, 0.29) is 11.5 Å². The zero-order valence-corrected chi connectivity index (χ0v) is 9.35. The van der Waals surface area contributed by atoms with Crippen molar-refractivity contribution < 1.29 is 4.92 Å². The van der Waals surface area contributed by atoms with Crippen LogP contribution in [0.25, 0.3) is 0 Å². The van der Waals surface area contributed by atoms with E-state index in [0.717, 1.165) is 5.56 Å². The van der Waals surface area contributed by atoms with E-state index in [9.17, 15) is 10.1 Å². The summed E-state index contributed by atoms with van der Waals surface area (Å²) in [7, 11) is 0. The third-order valence-electron chi connectivity index (χ3n) is 2.17. The van der Waals surface area contributed by atoms with Gasteiger partial charge in [0.2, 0.25) is 5.82 Å². The second kappa shape index (κ2) is 5.53. The van der Waals surface area contributed by atoms with Crippen LogP contribution in [0.5, 0.6) is 0 Å². The Bertz CT molecular complexity index is 569. The van der Waals surface area contributed by atoms with E-state index in [2.05, 4.69) is 15.5 Å². The Morgan fingerprint density at radius 3 is 2.72 bits per heavy atom. The van der Waals surface area contributed by atoms with Gasteiger partial charge in [0.25, 0.3) is 0 Å². The average Bonchev–Trinajstić information content (AvgIpc) is 2.40. The molecule has 6 heteroatoms. The van der Waals surface area contributed by atoms with Crippen molar-refractivity contribution in [3.05, 3.63) is 64.3 Å². The first-order chi connectivity index (χ1) is 8.77. The summed E-state index contributed by atoms with van der Waals surface area (Å²) < 4.78 is 0. The minimum absolute atomic E-state index is 0.109. The number of nitrogens with zero attached hydrogens (tertiary/aromatic N) is 3. The molecule has 0 atom stereocenters. The number of anilines is 1. The summed E-state index contributed by atoms with van der Waals surface area (Å²) in [5.41, 5.74) is 3.34. The van der Waals surface area contributed by atoms with E-state index in [4.69, 9.17) is 0 Å². The molecule has 0 bridgehead atoms. The lowest BCUT2D eigenvalue weighted by Gasteiger charge is -1.99. The Hall–Kier alpha value is -2.76. The van der Waals surface area contributed by atoms with Gasteiger partial charge in [0.05, 0.1) is 11.1 Å². The van der Waals surface area contributed by atoms with Crippen LogP contribution in [0, 0.1) is 10.1 Å². The van der Waals surface area contributed by atoms with E-state index in [0.29, 0.717) is 0 Å². The molecular weight excluding hydrogens is 232 g/mol. The third kappa shape index (κ3) is 2.88. The molecule has 0 amide bonds. The molecule has 0 aliphatic heterocycles. The second-order valence-electron chi connectivity index (χ2n) is 3.41. The molecule has 0 saturated heterocycles. The number of nitrogens with one attached hydrogen (secondary N) is 1. The molecule has 1 aromatic carbocycles. The number of rotatable bonds is 4. The van der Waals surface area contributed by atoms with Gasteiger partial charge in [0, 0.05) is 12.3 Å². The van der Waals surface area contributed by atoms with Crippen LogP contribution in [-0.4, -0.2) is 16.1 Å². The van der Waals surface area contributed by atoms with Crippen molar-refractivity contribution in [3.8, 4) is 0 Å². The lowest BCUT2D eigenvalue weighted by atomic mass is 10.2. The number of nitro groups is 1. The van der Waals surface area contributed by atoms with Crippen molar-refractivity contribution in [1.82, 2.24) is 4.98 Å². The fourth-order valence-electron chi connectivity index (χ4n) is 1.34. The van der Waals surface area contributed by atoms with Gasteiger partial charge in [-0.25, -0.2) is 4.98 Å². The van der Waals surface area contributed by atoms with Crippen LogP contribution in [0.3, 0.4) is 0 Å². The number of aromatic nitrogens is 1. The van der Waals surface area contributed by atoms with Gasteiger partial charge in [-0.15, -0.1) is 0 Å². The van der Waals surface area contributed by atoms with Gasteiger partial charge in [-0.05, 0) is 11.6 Å². The first kappa shape index (κ1) is 11.7. The molecule has 6 nitrogen and oxygen atoms in total. The largest absolute Gasteiger partial charge is 0.313 e. The third-order valence-corrected chi connectivity index (χ3v) is 2.17. The van der Waals surface area contributed by atoms with Crippen LogP contribution in [-0.2, 0) is 0 Å². The second-order valence-corrected chi connectivity index (χ2v) is 3.41. The van der Waals surface area contributed by atoms with Gasteiger partial charge in [0.15, 0.2) is 0 Å². The van der Waals surface area contributed by atoms with Crippen molar-refractivity contribution in [2.75, 3.05) is 5.43 Å². The molecule has 1 heterocycles. The first-order valence-electron chi connectivity index (χ1n) is 5.21. The van der Waals surface area contributed by atoms with Crippen LogP contribution < -0.4 is 5.43 Å². The molecule has 0 saturated carbocycles. The maximum atomic E-state index is 10.7. The SMILES string of the molecule is O=[N+]([O-])c1cccnc1NN=Cc1ccccc1. The number of hydrogen-bond acceptors (Lipinski definition) is 5. The summed E-state index contributed by atoms with van der Waals surface area (Å²) in [4.78, 5) is 14.1. The highest BCUT2D eigenvalue weighted by Crippen LogP contribution is 2.19. The summed E-state index contributed by atoms with van der Waals surface area (Å²) in [5, 5.41) is 14.6. The van der Waals surface area contributed by atoms with E-state index in [1.54, 1.807) is 6.21 Å². The highest BCUT2D eigenvalue weighted by molar-refractivity contribution is 5.80. The minimum atomic E-state index is -0.507. The molecule has 90 valence electrons. The van der Waals surface area contributed by atoms with E-state index >= 15 is 0 Å². The van der Waals surface area contributed by atoms with Crippen LogP contribution in [0.4, 0.5) is 11.5 Å².